The van der Waals surface area contributed by atoms with Gasteiger partial charge in [0.25, 0.3) is 0 Å². The van der Waals surface area contributed by atoms with Crippen LogP contribution in [-0.2, 0) is 0 Å². The van der Waals surface area contributed by atoms with Crippen molar-refractivity contribution in [3.63, 3.8) is 0 Å². The lowest BCUT2D eigenvalue weighted by Gasteiger charge is -2.16. The quantitative estimate of drug-likeness (QED) is 0.828. The van der Waals surface area contributed by atoms with Crippen molar-refractivity contribution >= 4 is 11.3 Å². The van der Waals surface area contributed by atoms with Gasteiger partial charge in [0.1, 0.15) is 0 Å². The van der Waals surface area contributed by atoms with Crippen LogP contribution in [0.5, 0.6) is 0 Å². The van der Waals surface area contributed by atoms with Crippen molar-refractivity contribution in [2.24, 2.45) is 0 Å². The van der Waals surface area contributed by atoms with Crippen LogP contribution >= 0.6 is 11.3 Å². The lowest BCUT2D eigenvalue weighted by molar-refractivity contribution is 0.463. The van der Waals surface area contributed by atoms with Gasteiger partial charge in [0, 0.05) is 23.4 Å². The van der Waals surface area contributed by atoms with Gasteiger partial charge < -0.3 is 5.32 Å². The molecule has 3 heteroatoms. The molecule has 1 aromatic heterocycles. The van der Waals surface area contributed by atoms with Crippen molar-refractivity contribution < 1.29 is 0 Å². The fourth-order valence-corrected chi connectivity index (χ4v) is 2.73. The summed E-state index contributed by atoms with van der Waals surface area (Å²) in [6.45, 7) is 6.64. The molecular formula is C12H20N2S. The summed E-state index contributed by atoms with van der Waals surface area (Å²) in [5.74, 6) is 0.791. The molecule has 0 amide bonds. The molecule has 15 heavy (non-hydrogen) atoms. The minimum atomic E-state index is 0.392. The van der Waals surface area contributed by atoms with E-state index in [0.29, 0.717) is 12.1 Å². The first-order valence-corrected chi connectivity index (χ1v) is 6.80. The van der Waals surface area contributed by atoms with Crippen molar-refractivity contribution in [1.82, 2.24) is 10.3 Å². The molecule has 0 bridgehead atoms. The first kappa shape index (κ1) is 11.1. The smallest absolute Gasteiger partial charge is 0.0959 e. The molecule has 2 rings (SSSR count). The molecule has 1 aromatic rings. The molecule has 2 nitrogen and oxygen atoms in total. The van der Waals surface area contributed by atoms with Gasteiger partial charge in [-0.05, 0) is 33.1 Å². The van der Waals surface area contributed by atoms with Gasteiger partial charge in [-0.15, -0.1) is 11.3 Å². The third-order valence-electron chi connectivity index (χ3n) is 3.06. The van der Waals surface area contributed by atoms with Gasteiger partial charge in [0.05, 0.1) is 10.7 Å². The summed E-state index contributed by atoms with van der Waals surface area (Å²) in [5, 5.41) is 7.13. The molecule has 0 radical (unpaired) electrons. The van der Waals surface area contributed by atoms with Gasteiger partial charge in [-0.3, -0.25) is 0 Å². The van der Waals surface area contributed by atoms with Crippen LogP contribution in [0.3, 0.4) is 0 Å². The van der Waals surface area contributed by atoms with Crippen molar-refractivity contribution in [2.75, 3.05) is 0 Å². The predicted octanol–water partition coefficient (Wildman–Crippen LogP) is 3.47. The Morgan fingerprint density at radius 3 is 2.87 bits per heavy atom. The Morgan fingerprint density at radius 1 is 1.53 bits per heavy atom. The van der Waals surface area contributed by atoms with Crippen LogP contribution in [0, 0.1) is 0 Å². The highest BCUT2D eigenvalue weighted by Crippen LogP contribution is 2.41. The average molecular weight is 224 g/mol. The lowest BCUT2D eigenvalue weighted by Crippen LogP contribution is -2.28. The van der Waals surface area contributed by atoms with Gasteiger partial charge in [-0.2, -0.15) is 0 Å². The Morgan fingerprint density at radius 2 is 2.27 bits per heavy atom. The average Bonchev–Trinajstić information content (AvgIpc) is 2.96. The maximum atomic E-state index is 4.72. The first-order chi connectivity index (χ1) is 7.20. The number of aromatic nitrogens is 1. The summed E-state index contributed by atoms with van der Waals surface area (Å²) >= 11 is 1.83. The zero-order valence-corrected chi connectivity index (χ0v) is 10.6. The molecule has 1 aliphatic rings. The SMILES string of the molecule is CCC(C)NC(C)c1csc(C2CC2)n1. The van der Waals surface area contributed by atoms with Gasteiger partial charge in [0.2, 0.25) is 0 Å². The minimum absolute atomic E-state index is 0.392. The Balaban J connectivity index is 1.95. The molecule has 2 atom stereocenters. The molecule has 2 unspecified atom stereocenters. The summed E-state index contributed by atoms with van der Waals surface area (Å²) in [7, 11) is 0. The van der Waals surface area contributed by atoms with E-state index >= 15 is 0 Å². The van der Waals surface area contributed by atoms with Crippen LogP contribution in [0.2, 0.25) is 0 Å². The second-order valence-electron chi connectivity index (χ2n) is 4.58. The van der Waals surface area contributed by atoms with E-state index in [0.717, 1.165) is 5.92 Å². The summed E-state index contributed by atoms with van der Waals surface area (Å²) < 4.78 is 0. The molecule has 1 fully saturated rings. The summed E-state index contributed by atoms with van der Waals surface area (Å²) in [5.41, 5.74) is 1.22. The van der Waals surface area contributed by atoms with Gasteiger partial charge in [0.15, 0.2) is 0 Å². The number of rotatable bonds is 5. The monoisotopic (exact) mass is 224 g/mol. The molecule has 84 valence electrons. The molecule has 0 aliphatic heterocycles. The zero-order chi connectivity index (χ0) is 10.8. The second-order valence-corrected chi connectivity index (χ2v) is 5.47. The molecule has 0 saturated heterocycles. The number of nitrogens with zero attached hydrogens (tertiary/aromatic N) is 1. The number of nitrogens with one attached hydrogen (secondary N) is 1. The minimum Gasteiger partial charge on any atom is -0.306 e. The van der Waals surface area contributed by atoms with Crippen molar-refractivity contribution in [2.45, 2.75) is 58.0 Å². The Labute approximate surface area is 96.1 Å². The molecule has 1 heterocycles. The highest BCUT2D eigenvalue weighted by Gasteiger charge is 2.27. The molecule has 0 aromatic carbocycles. The maximum Gasteiger partial charge on any atom is 0.0959 e. The lowest BCUT2D eigenvalue weighted by atomic mass is 10.2. The molecular weight excluding hydrogens is 204 g/mol. The number of thiazole rings is 1. The fourth-order valence-electron chi connectivity index (χ4n) is 1.65. The Kier molecular flexibility index (Phi) is 3.42. The van der Waals surface area contributed by atoms with Crippen molar-refractivity contribution in [3.05, 3.63) is 16.1 Å². The Bertz CT molecular complexity index is 317. The highest BCUT2D eigenvalue weighted by atomic mass is 32.1. The second kappa shape index (κ2) is 4.62. The van der Waals surface area contributed by atoms with E-state index in [2.05, 4.69) is 31.5 Å². The summed E-state index contributed by atoms with van der Waals surface area (Å²) in [6, 6.07) is 0.967. The Hall–Kier alpha value is -0.410. The van der Waals surface area contributed by atoms with E-state index in [1.807, 2.05) is 11.3 Å². The van der Waals surface area contributed by atoms with E-state index in [1.54, 1.807) is 0 Å². The standard InChI is InChI=1S/C12H20N2S/c1-4-8(2)13-9(3)11-7-15-12(14-11)10-5-6-10/h7-10,13H,4-6H2,1-3H3. The topological polar surface area (TPSA) is 24.9 Å². The van der Waals surface area contributed by atoms with E-state index < -0.39 is 0 Å². The van der Waals surface area contributed by atoms with Crippen LogP contribution < -0.4 is 5.32 Å². The molecule has 1 aliphatic carbocycles. The van der Waals surface area contributed by atoms with Gasteiger partial charge in [-0.25, -0.2) is 4.98 Å². The van der Waals surface area contributed by atoms with Gasteiger partial charge >= 0.3 is 0 Å². The van der Waals surface area contributed by atoms with E-state index in [1.165, 1.54) is 30.0 Å². The van der Waals surface area contributed by atoms with Crippen LogP contribution in [0.1, 0.15) is 62.7 Å². The maximum absolute atomic E-state index is 4.72. The highest BCUT2D eigenvalue weighted by molar-refractivity contribution is 7.09. The van der Waals surface area contributed by atoms with Crippen molar-refractivity contribution in [3.8, 4) is 0 Å². The zero-order valence-electron chi connectivity index (χ0n) is 9.79. The van der Waals surface area contributed by atoms with Crippen LogP contribution in [-0.4, -0.2) is 11.0 Å². The van der Waals surface area contributed by atoms with E-state index in [4.69, 9.17) is 4.98 Å². The number of hydrogen-bond acceptors (Lipinski definition) is 3. The third-order valence-corrected chi connectivity index (χ3v) is 4.08. The third kappa shape index (κ3) is 2.79. The van der Waals surface area contributed by atoms with E-state index in [9.17, 15) is 0 Å². The van der Waals surface area contributed by atoms with Crippen LogP contribution in [0.25, 0.3) is 0 Å². The normalized spacial score (nSPS) is 20.2. The molecule has 0 spiro atoms. The van der Waals surface area contributed by atoms with E-state index in [-0.39, 0.29) is 0 Å². The number of hydrogen-bond donors (Lipinski definition) is 1. The predicted molar refractivity (Wildman–Crippen MR) is 65.4 cm³/mol. The summed E-state index contributed by atoms with van der Waals surface area (Å²) in [6.07, 6.45) is 3.87. The molecule has 1 saturated carbocycles. The van der Waals surface area contributed by atoms with Crippen molar-refractivity contribution in [1.29, 1.82) is 0 Å². The summed E-state index contributed by atoms with van der Waals surface area (Å²) in [4.78, 5) is 4.72. The van der Waals surface area contributed by atoms with Crippen LogP contribution in [0.4, 0.5) is 0 Å². The van der Waals surface area contributed by atoms with Gasteiger partial charge in [-0.1, -0.05) is 6.92 Å². The first-order valence-electron chi connectivity index (χ1n) is 5.92. The van der Waals surface area contributed by atoms with Crippen LogP contribution in [0.15, 0.2) is 5.38 Å². The largest absolute Gasteiger partial charge is 0.306 e. The molecule has 1 N–H and O–H groups in total. The fraction of sp³-hybridized carbons (Fsp3) is 0.750.